The summed E-state index contributed by atoms with van der Waals surface area (Å²) >= 11 is 3.07. The van der Waals surface area contributed by atoms with Gasteiger partial charge < -0.3 is 4.74 Å². The molecule has 2 aromatic heterocycles. The predicted molar refractivity (Wildman–Crippen MR) is 87.2 cm³/mol. The molecule has 1 aliphatic heterocycles. The average Bonchev–Trinajstić information content (AvgIpc) is 3.15. The molecule has 6 nitrogen and oxygen atoms in total. The Morgan fingerprint density at radius 1 is 1.50 bits per heavy atom. The first-order valence-electron chi connectivity index (χ1n) is 6.74. The summed E-state index contributed by atoms with van der Waals surface area (Å²) in [7, 11) is 0. The molecule has 0 bridgehead atoms. The van der Waals surface area contributed by atoms with E-state index in [1.807, 2.05) is 30.5 Å². The van der Waals surface area contributed by atoms with Crippen LogP contribution in [0.25, 0.3) is 6.08 Å². The molecular formula is C14H14N4O2S2. The predicted octanol–water partition coefficient (Wildman–Crippen LogP) is 2.60. The topological polar surface area (TPSA) is 69.4 Å². The van der Waals surface area contributed by atoms with Crippen molar-refractivity contribution in [1.29, 1.82) is 0 Å². The van der Waals surface area contributed by atoms with Gasteiger partial charge in [-0.1, -0.05) is 17.8 Å². The van der Waals surface area contributed by atoms with Gasteiger partial charge in [0, 0.05) is 10.6 Å². The summed E-state index contributed by atoms with van der Waals surface area (Å²) < 4.78 is 6.83. The largest absolute Gasteiger partial charge is 0.462 e. The number of thioether (sulfide) groups is 1. The number of aryl methyl sites for hydroxylation is 1. The van der Waals surface area contributed by atoms with E-state index >= 15 is 0 Å². The van der Waals surface area contributed by atoms with Gasteiger partial charge in [0.15, 0.2) is 5.82 Å². The van der Waals surface area contributed by atoms with Crippen molar-refractivity contribution in [3.8, 4) is 0 Å². The van der Waals surface area contributed by atoms with E-state index in [0.717, 1.165) is 10.0 Å². The molecule has 8 heteroatoms. The van der Waals surface area contributed by atoms with E-state index in [2.05, 4.69) is 15.3 Å². The molecule has 3 rings (SSSR count). The zero-order valence-electron chi connectivity index (χ0n) is 12.1. The van der Waals surface area contributed by atoms with Gasteiger partial charge in [-0.2, -0.15) is 9.78 Å². The molecular weight excluding hydrogens is 320 g/mol. The number of thiophene rings is 1. The van der Waals surface area contributed by atoms with Gasteiger partial charge in [0.05, 0.1) is 17.9 Å². The number of fused-ring (bicyclic) bond motifs is 1. The molecule has 0 saturated carbocycles. The average molecular weight is 334 g/mol. The second kappa shape index (κ2) is 6.45. The van der Waals surface area contributed by atoms with Crippen molar-refractivity contribution >= 4 is 40.9 Å². The van der Waals surface area contributed by atoms with Crippen LogP contribution in [0.5, 0.6) is 0 Å². The summed E-state index contributed by atoms with van der Waals surface area (Å²) in [4.78, 5) is 13.3. The Kier molecular flexibility index (Phi) is 4.39. The molecule has 114 valence electrons. The van der Waals surface area contributed by atoms with Crippen LogP contribution < -0.4 is 0 Å². The van der Waals surface area contributed by atoms with Crippen molar-refractivity contribution in [2.75, 3.05) is 12.4 Å². The third-order valence-corrected chi connectivity index (χ3v) is 4.71. The minimum Gasteiger partial charge on any atom is -0.462 e. The van der Waals surface area contributed by atoms with Crippen molar-refractivity contribution < 1.29 is 9.53 Å². The fourth-order valence-corrected chi connectivity index (χ4v) is 3.47. The minimum absolute atomic E-state index is 0.331. The highest BCUT2D eigenvalue weighted by atomic mass is 32.2. The number of ether oxygens (including phenoxy) is 1. The van der Waals surface area contributed by atoms with Crippen molar-refractivity contribution in [1.82, 2.24) is 14.9 Å². The normalized spacial score (nSPS) is 14.5. The van der Waals surface area contributed by atoms with Gasteiger partial charge in [-0.3, -0.25) is 0 Å². The Morgan fingerprint density at radius 3 is 3.09 bits per heavy atom. The maximum atomic E-state index is 12.3. The second-order valence-corrected chi connectivity index (χ2v) is 6.39. The number of rotatable bonds is 4. The van der Waals surface area contributed by atoms with Crippen LogP contribution >= 0.6 is 23.1 Å². The number of hydrogen-bond acceptors (Lipinski definition) is 7. The van der Waals surface area contributed by atoms with Gasteiger partial charge in [0.2, 0.25) is 5.16 Å². The van der Waals surface area contributed by atoms with Crippen molar-refractivity contribution in [3.05, 3.63) is 33.8 Å². The maximum Gasteiger partial charge on any atom is 0.340 e. The molecule has 1 aliphatic rings. The smallest absolute Gasteiger partial charge is 0.340 e. The van der Waals surface area contributed by atoms with Crippen LogP contribution in [0.2, 0.25) is 0 Å². The Labute approximate surface area is 135 Å². The molecule has 0 amide bonds. The maximum absolute atomic E-state index is 12.3. The molecule has 0 N–H and O–H groups in total. The van der Waals surface area contributed by atoms with Crippen LogP contribution in [0.15, 0.2) is 33.3 Å². The zero-order chi connectivity index (χ0) is 15.5. The van der Waals surface area contributed by atoms with Crippen molar-refractivity contribution in [2.24, 2.45) is 5.10 Å². The molecule has 0 saturated heterocycles. The molecule has 0 aliphatic carbocycles. The molecule has 0 unspecified atom stereocenters. The summed E-state index contributed by atoms with van der Waals surface area (Å²) in [6.45, 7) is 3.95. The molecule has 0 aromatic carbocycles. The molecule has 0 atom stereocenters. The van der Waals surface area contributed by atoms with Gasteiger partial charge in [-0.15, -0.1) is 21.5 Å². The van der Waals surface area contributed by atoms with Crippen LogP contribution in [-0.4, -0.2) is 38.9 Å². The molecule has 0 fully saturated rings. The van der Waals surface area contributed by atoms with Crippen LogP contribution in [0, 0.1) is 6.92 Å². The lowest BCUT2D eigenvalue weighted by molar-refractivity contribution is -0.137. The van der Waals surface area contributed by atoms with Crippen LogP contribution in [-0.2, 0) is 9.53 Å². The van der Waals surface area contributed by atoms with Crippen molar-refractivity contribution in [2.45, 2.75) is 19.0 Å². The first-order valence-corrected chi connectivity index (χ1v) is 8.61. The zero-order valence-corrected chi connectivity index (χ0v) is 13.8. The Hall–Kier alpha value is -1.93. The molecule has 0 radical (unpaired) electrons. The quantitative estimate of drug-likeness (QED) is 0.635. The second-order valence-electron chi connectivity index (χ2n) is 4.47. The number of carbonyl (C=O) groups excluding carboxylic acids is 1. The fourth-order valence-electron chi connectivity index (χ4n) is 1.94. The first-order chi connectivity index (χ1) is 10.7. The monoisotopic (exact) mass is 334 g/mol. The number of nitrogens with zero attached hydrogens (tertiary/aromatic N) is 4. The molecule has 3 heterocycles. The molecule has 2 aromatic rings. The van der Waals surface area contributed by atoms with Gasteiger partial charge >= 0.3 is 5.97 Å². The third kappa shape index (κ3) is 2.97. The Bertz CT molecular complexity index is 747. The summed E-state index contributed by atoms with van der Waals surface area (Å²) in [6, 6.07) is 3.90. The lowest BCUT2D eigenvalue weighted by Gasteiger charge is -2.14. The van der Waals surface area contributed by atoms with Gasteiger partial charge in [-0.25, -0.2) is 4.79 Å². The number of aromatic nitrogens is 3. The summed E-state index contributed by atoms with van der Waals surface area (Å²) in [5, 5.41) is 15.3. The van der Waals surface area contributed by atoms with Crippen LogP contribution in [0.1, 0.15) is 17.6 Å². The first kappa shape index (κ1) is 15.0. The van der Waals surface area contributed by atoms with Gasteiger partial charge in [0.25, 0.3) is 0 Å². The van der Waals surface area contributed by atoms with E-state index in [1.54, 1.807) is 22.9 Å². The summed E-state index contributed by atoms with van der Waals surface area (Å²) in [6.07, 6.45) is 1.83. The number of carbonyl (C=O) groups is 1. The number of esters is 1. The van der Waals surface area contributed by atoms with Crippen LogP contribution in [0.4, 0.5) is 0 Å². The van der Waals surface area contributed by atoms with E-state index in [1.165, 1.54) is 11.8 Å². The van der Waals surface area contributed by atoms with Crippen molar-refractivity contribution in [3.63, 3.8) is 0 Å². The highest BCUT2D eigenvalue weighted by Crippen LogP contribution is 2.25. The SMILES string of the molecule is CCOC(=O)/C(=C\c1cccs1)C1=Nn2c(C)nnc2SC1. The molecule has 22 heavy (non-hydrogen) atoms. The van der Waals surface area contributed by atoms with Gasteiger partial charge in [0.1, 0.15) is 0 Å². The summed E-state index contributed by atoms with van der Waals surface area (Å²) in [5.41, 5.74) is 1.16. The third-order valence-electron chi connectivity index (χ3n) is 2.96. The molecule has 0 spiro atoms. The van der Waals surface area contributed by atoms with E-state index in [-0.39, 0.29) is 5.97 Å². The van der Waals surface area contributed by atoms with E-state index < -0.39 is 0 Å². The number of hydrogen-bond donors (Lipinski definition) is 0. The standard InChI is InChI=1S/C14H14N4O2S2/c1-3-20-13(19)11(7-10-5-4-6-21-10)12-8-22-14-16-15-9(2)18(14)17-12/h4-7H,3,8H2,1-2H3/b11-7-. The Balaban J connectivity index is 2.01. The fraction of sp³-hybridized carbons (Fsp3) is 0.286. The Morgan fingerprint density at radius 2 is 2.36 bits per heavy atom. The van der Waals surface area contributed by atoms with Crippen LogP contribution in [0.3, 0.4) is 0 Å². The highest BCUT2D eigenvalue weighted by molar-refractivity contribution is 7.99. The van der Waals surface area contributed by atoms with E-state index in [9.17, 15) is 4.79 Å². The van der Waals surface area contributed by atoms with Gasteiger partial charge in [-0.05, 0) is 31.4 Å². The van der Waals surface area contributed by atoms with E-state index in [4.69, 9.17) is 4.74 Å². The van der Waals surface area contributed by atoms with E-state index in [0.29, 0.717) is 29.5 Å². The lowest BCUT2D eigenvalue weighted by atomic mass is 10.1. The highest BCUT2D eigenvalue weighted by Gasteiger charge is 2.24. The summed E-state index contributed by atoms with van der Waals surface area (Å²) in [5.74, 6) is 0.900. The minimum atomic E-state index is -0.357. The lowest BCUT2D eigenvalue weighted by Crippen LogP contribution is -2.21.